The van der Waals surface area contributed by atoms with E-state index in [0.717, 1.165) is 34.2 Å². The Balaban J connectivity index is 1.09. The number of nitrogens with zero attached hydrogens (tertiary/aromatic N) is 5. The van der Waals surface area contributed by atoms with Gasteiger partial charge in [-0.2, -0.15) is 5.10 Å². The van der Waals surface area contributed by atoms with Gasteiger partial charge in [-0.3, -0.25) is 19.2 Å². The zero-order chi connectivity index (χ0) is 34.8. The van der Waals surface area contributed by atoms with Gasteiger partial charge >= 0.3 is 0 Å². The van der Waals surface area contributed by atoms with E-state index in [0.29, 0.717) is 44.0 Å². The fourth-order valence-electron chi connectivity index (χ4n) is 7.58. The Kier molecular flexibility index (Phi) is 9.11. The largest absolute Gasteiger partial charge is 0.337 e. The molecule has 2 aromatic heterocycles. The van der Waals surface area contributed by atoms with Crippen LogP contribution in [0.15, 0.2) is 79.1 Å². The first kappa shape index (κ1) is 33.0. The number of carbonyl (C=O) groups is 4. The van der Waals surface area contributed by atoms with E-state index in [1.807, 2.05) is 68.6 Å². The van der Waals surface area contributed by atoms with Crippen LogP contribution in [0, 0.1) is 5.41 Å². The number of carbonyl (C=O) groups excluding carboxylic acids is 4. The molecule has 0 radical (unpaired) electrons. The quantitative estimate of drug-likeness (QED) is 0.243. The summed E-state index contributed by atoms with van der Waals surface area (Å²) in [5, 5.41) is 16.9. The van der Waals surface area contributed by atoms with Gasteiger partial charge in [-0.15, -0.1) is 5.10 Å². The molecule has 50 heavy (non-hydrogen) atoms. The maximum atomic E-state index is 14.4. The Morgan fingerprint density at radius 2 is 1.76 bits per heavy atom. The summed E-state index contributed by atoms with van der Waals surface area (Å²) in [6.07, 6.45) is 4.81. The molecule has 2 aliphatic heterocycles. The molecule has 3 aliphatic rings. The highest BCUT2D eigenvalue weighted by Gasteiger charge is 2.44. The standard InChI is InChI=1S/C38H40N8O4/c1-38(13-17-45(18-14-38)36(49)31-10-6-16-41-44-31)37(50)46(22-26-8-4-3-7-25(26)21-39-2)23-32(47)42-27-12-11-24-19-30-28-9-5-15-40-34(28)43-35(48)33(30)29(24)20-27/h3-12,15-16,20,30,33,39H,13-14,17-19,21-23H2,1-2H3,(H,42,47)(H,40,43,48)/t30-,33+/m1/s1. The van der Waals surface area contributed by atoms with Crippen molar-refractivity contribution in [2.45, 2.75) is 51.1 Å². The third-order valence-corrected chi connectivity index (χ3v) is 10.3. The number of rotatable bonds is 9. The molecule has 3 N–H and O–H groups in total. The second-order valence-corrected chi connectivity index (χ2v) is 13.6. The molecular weight excluding hydrogens is 632 g/mol. The van der Waals surface area contributed by atoms with Gasteiger partial charge in [-0.1, -0.05) is 43.3 Å². The molecule has 0 unspecified atom stereocenters. The lowest BCUT2D eigenvalue weighted by Crippen LogP contribution is -2.51. The third kappa shape index (κ3) is 6.46. The molecule has 0 spiro atoms. The van der Waals surface area contributed by atoms with E-state index in [9.17, 15) is 19.2 Å². The molecule has 2 aromatic carbocycles. The molecule has 12 heteroatoms. The lowest BCUT2D eigenvalue weighted by molar-refractivity contribution is -0.146. The number of pyridine rings is 1. The summed E-state index contributed by atoms with van der Waals surface area (Å²) in [6.45, 7) is 3.41. The van der Waals surface area contributed by atoms with Gasteiger partial charge in [0.2, 0.25) is 17.7 Å². The van der Waals surface area contributed by atoms with Crippen molar-refractivity contribution in [2.24, 2.45) is 5.41 Å². The van der Waals surface area contributed by atoms with Crippen molar-refractivity contribution in [1.82, 2.24) is 30.3 Å². The lowest BCUT2D eigenvalue weighted by Gasteiger charge is -2.41. The van der Waals surface area contributed by atoms with Gasteiger partial charge in [0.25, 0.3) is 5.91 Å². The number of nitrogens with one attached hydrogen (secondary N) is 3. The van der Waals surface area contributed by atoms with E-state index in [2.05, 4.69) is 31.1 Å². The molecule has 0 saturated carbocycles. The van der Waals surface area contributed by atoms with Crippen molar-refractivity contribution in [3.8, 4) is 0 Å². The van der Waals surface area contributed by atoms with Gasteiger partial charge in [0.05, 0.1) is 5.92 Å². The molecule has 4 amide bonds. The van der Waals surface area contributed by atoms with Crippen LogP contribution in [0.1, 0.15) is 69.9 Å². The van der Waals surface area contributed by atoms with Crippen molar-refractivity contribution in [3.63, 3.8) is 0 Å². The van der Waals surface area contributed by atoms with Crippen LogP contribution in [0.3, 0.4) is 0 Å². The van der Waals surface area contributed by atoms with Crippen molar-refractivity contribution in [1.29, 1.82) is 0 Å². The number of anilines is 2. The topological polar surface area (TPSA) is 150 Å². The molecule has 1 saturated heterocycles. The van der Waals surface area contributed by atoms with E-state index in [4.69, 9.17) is 0 Å². The Labute approximate surface area is 290 Å². The number of likely N-dealkylation sites (tertiary alicyclic amines) is 1. The number of fused-ring (bicyclic) bond motifs is 5. The van der Waals surface area contributed by atoms with Crippen LogP contribution in [-0.2, 0) is 33.9 Å². The summed E-state index contributed by atoms with van der Waals surface area (Å²) in [5.41, 5.74) is 5.04. The fraction of sp³-hybridized carbons (Fsp3) is 0.342. The minimum atomic E-state index is -0.778. The number of amides is 4. The molecule has 2 atom stereocenters. The summed E-state index contributed by atoms with van der Waals surface area (Å²) in [4.78, 5) is 62.1. The van der Waals surface area contributed by atoms with Gasteiger partial charge in [0.15, 0.2) is 5.69 Å². The van der Waals surface area contributed by atoms with Crippen molar-refractivity contribution >= 4 is 35.1 Å². The van der Waals surface area contributed by atoms with Crippen LogP contribution in [0.4, 0.5) is 11.5 Å². The van der Waals surface area contributed by atoms with Crippen LogP contribution in [-0.4, -0.2) is 75.3 Å². The summed E-state index contributed by atoms with van der Waals surface area (Å²) < 4.78 is 0. The monoisotopic (exact) mass is 672 g/mol. The lowest BCUT2D eigenvalue weighted by atomic mass is 9.78. The normalized spacial score (nSPS) is 18.7. The number of hydrogen-bond donors (Lipinski definition) is 3. The molecule has 256 valence electrons. The first-order valence-corrected chi connectivity index (χ1v) is 17.0. The van der Waals surface area contributed by atoms with Gasteiger partial charge < -0.3 is 25.8 Å². The van der Waals surface area contributed by atoms with Gasteiger partial charge in [0, 0.05) is 55.6 Å². The van der Waals surface area contributed by atoms with E-state index in [1.165, 1.54) is 6.20 Å². The molecule has 7 rings (SSSR count). The zero-order valence-corrected chi connectivity index (χ0v) is 28.2. The minimum absolute atomic E-state index is 0.0118. The highest BCUT2D eigenvalue weighted by Crippen LogP contribution is 2.49. The van der Waals surface area contributed by atoms with Crippen LogP contribution >= 0.6 is 0 Å². The van der Waals surface area contributed by atoms with Gasteiger partial charge in [-0.05, 0) is 84.5 Å². The number of benzene rings is 2. The van der Waals surface area contributed by atoms with Gasteiger partial charge in [0.1, 0.15) is 12.4 Å². The Hall–Kier alpha value is -5.49. The number of aromatic nitrogens is 3. The maximum Gasteiger partial charge on any atom is 0.274 e. The van der Waals surface area contributed by atoms with Crippen molar-refractivity contribution in [2.75, 3.05) is 37.3 Å². The summed E-state index contributed by atoms with van der Waals surface area (Å²) in [5.74, 6) is -0.552. The molecule has 12 nitrogen and oxygen atoms in total. The van der Waals surface area contributed by atoms with E-state index >= 15 is 0 Å². The summed E-state index contributed by atoms with van der Waals surface area (Å²) >= 11 is 0. The van der Waals surface area contributed by atoms with Gasteiger partial charge in [-0.25, -0.2) is 4.98 Å². The second kappa shape index (κ2) is 13.8. The first-order valence-electron chi connectivity index (χ1n) is 17.0. The molecule has 4 heterocycles. The number of piperidine rings is 1. The SMILES string of the molecule is CNCc1ccccc1CN(CC(=O)Nc1ccc2c(c1)[C@@H]1C(=O)Nc3ncccc3[C@H]1C2)C(=O)C1(C)CCN(C(=O)c2cccnn2)CC1. The average molecular weight is 673 g/mol. The van der Waals surface area contributed by atoms with E-state index < -0.39 is 5.41 Å². The molecule has 0 bridgehead atoms. The Bertz CT molecular complexity index is 1940. The van der Waals surface area contributed by atoms with Crippen LogP contribution < -0.4 is 16.0 Å². The Morgan fingerprint density at radius 1 is 0.980 bits per heavy atom. The molecular formula is C38H40N8O4. The van der Waals surface area contributed by atoms with Crippen LogP contribution in [0.5, 0.6) is 0 Å². The smallest absolute Gasteiger partial charge is 0.274 e. The fourth-order valence-corrected chi connectivity index (χ4v) is 7.58. The highest BCUT2D eigenvalue weighted by molar-refractivity contribution is 6.01. The second-order valence-electron chi connectivity index (χ2n) is 13.6. The maximum absolute atomic E-state index is 14.4. The van der Waals surface area contributed by atoms with Crippen LogP contribution in [0.2, 0.25) is 0 Å². The summed E-state index contributed by atoms with van der Waals surface area (Å²) in [7, 11) is 1.87. The van der Waals surface area contributed by atoms with Crippen molar-refractivity contribution in [3.05, 3.63) is 113 Å². The summed E-state index contributed by atoms with van der Waals surface area (Å²) in [6, 6.07) is 20.8. The highest BCUT2D eigenvalue weighted by atomic mass is 16.2. The molecule has 4 aromatic rings. The molecule has 1 fully saturated rings. The molecule has 1 aliphatic carbocycles. The van der Waals surface area contributed by atoms with E-state index in [1.54, 1.807) is 28.1 Å². The van der Waals surface area contributed by atoms with Crippen LogP contribution in [0.25, 0.3) is 0 Å². The first-order chi connectivity index (χ1) is 24.2. The third-order valence-electron chi connectivity index (χ3n) is 10.3. The number of hydrogen-bond acceptors (Lipinski definition) is 8. The Morgan fingerprint density at radius 3 is 2.52 bits per heavy atom. The predicted molar refractivity (Wildman–Crippen MR) is 187 cm³/mol. The predicted octanol–water partition coefficient (Wildman–Crippen LogP) is 3.88. The zero-order valence-electron chi connectivity index (χ0n) is 28.2. The average Bonchev–Trinajstić information content (AvgIpc) is 3.52. The van der Waals surface area contributed by atoms with E-state index in [-0.39, 0.29) is 54.2 Å². The minimum Gasteiger partial charge on any atom is -0.337 e. The van der Waals surface area contributed by atoms with Crippen molar-refractivity contribution < 1.29 is 19.2 Å².